The molecule has 4 aromatic rings. The van der Waals surface area contributed by atoms with Crippen LogP contribution in [0.15, 0.2) is 65.8 Å². The first-order valence-corrected chi connectivity index (χ1v) is 9.83. The van der Waals surface area contributed by atoms with Crippen LogP contribution >= 0.6 is 0 Å². The quantitative estimate of drug-likeness (QED) is 0.553. The molecule has 2 aromatic heterocycles. The molecule has 0 unspecified atom stereocenters. The van der Waals surface area contributed by atoms with Crippen molar-refractivity contribution in [3.05, 3.63) is 82.5 Å². The molecule has 0 aliphatic carbocycles. The number of nitrogens with zero attached hydrogens (tertiary/aromatic N) is 4. The van der Waals surface area contributed by atoms with Crippen LogP contribution in [-0.2, 0) is 11.3 Å². The molecule has 1 N–H and O–H groups in total. The Bertz CT molecular complexity index is 1290. The second-order valence-corrected chi connectivity index (χ2v) is 7.55. The Hall–Kier alpha value is -3.74. The van der Waals surface area contributed by atoms with Gasteiger partial charge in [-0.3, -0.25) is 14.2 Å². The summed E-state index contributed by atoms with van der Waals surface area (Å²) in [5.74, 6) is -0.00725. The summed E-state index contributed by atoms with van der Waals surface area (Å²) in [6.07, 6.45) is 2.90. The molecule has 2 aromatic carbocycles. The first-order chi connectivity index (χ1) is 14.5. The van der Waals surface area contributed by atoms with Gasteiger partial charge >= 0.3 is 0 Å². The number of hydrogen-bond donors (Lipinski definition) is 1. The second-order valence-electron chi connectivity index (χ2n) is 7.55. The molecule has 0 spiro atoms. The summed E-state index contributed by atoms with van der Waals surface area (Å²) in [6, 6.07) is 15.4. The van der Waals surface area contributed by atoms with Crippen LogP contribution in [0.1, 0.15) is 30.9 Å². The lowest BCUT2D eigenvalue weighted by molar-refractivity contribution is -0.116. The van der Waals surface area contributed by atoms with Gasteiger partial charge in [-0.1, -0.05) is 50.2 Å². The maximum atomic E-state index is 12.9. The van der Waals surface area contributed by atoms with E-state index in [-0.39, 0.29) is 23.9 Å². The molecular weight excluding hydrogens is 378 g/mol. The largest absolute Gasteiger partial charge is 0.324 e. The van der Waals surface area contributed by atoms with E-state index >= 15 is 0 Å². The maximum Gasteiger partial charge on any atom is 0.264 e. The number of para-hydroxylation sites is 2. The fourth-order valence-corrected chi connectivity index (χ4v) is 3.50. The van der Waals surface area contributed by atoms with Gasteiger partial charge in [0.2, 0.25) is 5.91 Å². The van der Waals surface area contributed by atoms with Crippen molar-refractivity contribution in [3.8, 4) is 5.69 Å². The molecule has 0 bridgehead atoms. The van der Waals surface area contributed by atoms with E-state index in [1.807, 2.05) is 55.5 Å². The average molecular weight is 401 g/mol. The molecule has 2 heterocycles. The molecular formula is C23H23N5O2. The van der Waals surface area contributed by atoms with E-state index in [0.29, 0.717) is 11.0 Å². The van der Waals surface area contributed by atoms with Gasteiger partial charge in [-0.15, -0.1) is 0 Å². The molecule has 0 atom stereocenters. The van der Waals surface area contributed by atoms with Crippen molar-refractivity contribution >= 4 is 22.6 Å². The predicted molar refractivity (Wildman–Crippen MR) is 117 cm³/mol. The van der Waals surface area contributed by atoms with E-state index in [4.69, 9.17) is 0 Å². The fourth-order valence-electron chi connectivity index (χ4n) is 3.50. The fraction of sp³-hybridized carbons (Fsp3) is 0.217. The van der Waals surface area contributed by atoms with E-state index in [1.165, 1.54) is 17.1 Å². The number of fused-ring (bicyclic) bond motifs is 1. The van der Waals surface area contributed by atoms with Gasteiger partial charge in [0.25, 0.3) is 5.56 Å². The van der Waals surface area contributed by atoms with E-state index in [9.17, 15) is 9.59 Å². The van der Waals surface area contributed by atoms with Crippen LogP contribution in [-0.4, -0.2) is 25.2 Å². The highest BCUT2D eigenvalue weighted by Crippen LogP contribution is 2.23. The summed E-state index contributed by atoms with van der Waals surface area (Å²) in [4.78, 5) is 29.9. The Balaban J connectivity index is 1.62. The molecule has 0 aliphatic heterocycles. The number of rotatable bonds is 5. The number of aryl methyl sites for hydroxylation is 1. The minimum atomic E-state index is -0.299. The molecule has 30 heavy (non-hydrogen) atoms. The van der Waals surface area contributed by atoms with E-state index in [1.54, 1.807) is 4.68 Å². The SMILES string of the molecule is Cc1ccccc1-n1ncc2c(=O)n(CC(=O)Nc3ccccc3C(C)C)cnc21. The predicted octanol–water partition coefficient (Wildman–Crippen LogP) is 3.65. The Morgan fingerprint density at radius 1 is 1.10 bits per heavy atom. The Labute approximate surface area is 174 Å². The Morgan fingerprint density at radius 3 is 2.60 bits per heavy atom. The molecule has 4 rings (SSSR count). The molecule has 0 fully saturated rings. The normalized spacial score (nSPS) is 11.2. The molecule has 7 nitrogen and oxygen atoms in total. The Kier molecular flexibility index (Phi) is 5.18. The van der Waals surface area contributed by atoms with Gasteiger partial charge in [0, 0.05) is 5.69 Å². The van der Waals surface area contributed by atoms with Crippen molar-refractivity contribution in [2.45, 2.75) is 33.2 Å². The molecule has 0 aliphatic rings. The molecule has 0 saturated heterocycles. The Morgan fingerprint density at radius 2 is 1.83 bits per heavy atom. The van der Waals surface area contributed by atoms with Crippen LogP contribution < -0.4 is 10.9 Å². The van der Waals surface area contributed by atoms with Crippen molar-refractivity contribution in [2.24, 2.45) is 0 Å². The van der Waals surface area contributed by atoms with Crippen molar-refractivity contribution in [1.29, 1.82) is 0 Å². The number of carbonyl (C=O) groups is 1. The van der Waals surface area contributed by atoms with Crippen molar-refractivity contribution < 1.29 is 4.79 Å². The van der Waals surface area contributed by atoms with Gasteiger partial charge in [-0.25, -0.2) is 9.67 Å². The lowest BCUT2D eigenvalue weighted by atomic mass is 10.0. The van der Waals surface area contributed by atoms with Crippen molar-refractivity contribution in [1.82, 2.24) is 19.3 Å². The van der Waals surface area contributed by atoms with Gasteiger partial charge in [0.1, 0.15) is 18.3 Å². The third-order valence-electron chi connectivity index (χ3n) is 5.07. The zero-order valence-electron chi connectivity index (χ0n) is 17.2. The number of aromatic nitrogens is 4. The minimum Gasteiger partial charge on any atom is -0.324 e. The van der Waals surface area contributed by atoms with Gasteiger partial charge in [-0.2, -0.15) is 5.10 Å². The molecule has 0 radical (unpaired) electrons. The van der Waals surface area contributed by atoms with E-state index in [2.05, 4.69) is 29.2 Å². The molecule has 7 heteroatoms. The number of benzene rings is 2. The maximum absolute atomic E-state index is 12.9. The summed E-state index contributed by atoms with van der Waals surface area (Å²) in [6.45, 7) is 5.99. The standard InChI is InChI=1S/C23H23N5O2/c1-15(2)17-9-5-6-10-19(17)26-21(29)13-27-14-24-22-18(23(27)30)12-25-28(22)20-11-7-4-8-16(20)3/h4-12,14-15H,13H2,1-3H3,(H,26,29). The first-order valence-electron chi connectivity index (χ1n) is 9.83. The van der Waals surface area contributed by atoms with Crippen LogP contribution in [0.2, 0.25) is 0 Å². The highest BCUT2D eigenvalue weighted by atomic mass is 16.2. The monoisotopic (exact) mass is 401 g/mol. The van der Waals surface area contributed by atoms with Crippen molar-refractivity contribution in [2.75, 3.05) is 5.32 Å². The second kappa shape index (κ2) is 7.94. The zero-order chi connectivity index (χ0) is 21.3. The summed E-state index contributed by atoms with van der Waals surface area (Å²) >= 11 is 0. The van der Waals surface area contributed by atoms with Gasteiger partial charge in [0.05, 0.1) is 11.9 Å². The smallest absolute Gasteiger partial charge is 0.264 e. The molecule has 0 saturated carbocycles. The summed E-state index contributed by atoms with van der Waals surface area (Å²) in [5.41, 5.74) is 3.86. The first kappa shape index (κ1) is 19.6. The average Bonchev–Trinajstić information content (AvgIpc) is 3.15. The van der Waals surface area contributed by atoms with E-state index < -0.39 is 0 Å². The third-order valence-corrected chi connectivity index (χ3v) is 5.07. The summed E-state index contributed by atoms with van der Waals surface area (Å²) < 4.78 is 2.95. The van der Waals surface area contributed by atoms with Gasteiger partial charge in [0.15, 0.2) is 5.65 Å². The topological polar surface area (TPSA) is 81.8 Å². The number of anilines is 1. The van der Waals surface area contributed by atoms with Crippen LogP contribution in [0.25, 0.3) is 16.7 Å². The molecule has 1 amide bonds. The third kappa shape index (κ3) is 3.61. The van der Waals surface area contributed by atoms with Gasteiger partial charge in [-0.05, 0) is 36.1 Å². The van der Waals surface area contributed by atoms with E-state index in [0.717, 1.165) is 22.5 Å². The summed E-state index contributed by atoms with van der Waals surface area (Å²) in [5, 5.41) is 7.62. The lowest BCUT2D eigenvalue weighted by Gasteiger charge is -2.14. The van der Waals surface area contributed by atoms with Crippen LogP contribution in [0, 0.1) is 6.92 Å². The minimum absolute atomic E-state index is 0.121. The number of nitrogens with one attached hydrogen (secondary N) is 1. The zero-order valence-corrected chi connectivity index (χ0v) is 17.2. The number of hydrogen-bond acceptors (Lipinski definition) is 4. The van der Waals surface area contributed by atoms with Crippen LogP contribution in [0.4, 0.5) is 5.69 Å². The lowest BCUT2D eigenvalue weighted by Crippen LogP contribution is -2.28. The van der Waals surface area contributed by atoms with Gasteiger partial charge < -0.3 is 5.32 Å². The number of carbonyl (C=O) groups excluding carboxylic acids is 1. The number of amides is 1. The molecule has 152 valence electrons. The van der Waals surface area contributed by atoms with Crippen LogP contribution in [0.3, 0.4) is 0 Å². The summed E-state index contributed by atoms with van der Waals surface area (Å²) in [7, 11) is 0. The van der Waals surface area contributed by atoms with Crippen LogP contribution in [0.5, 0.6) is 0 Å². The highest BCUT2D eigenvalue weighted by Gasteiger charge is 2.15. The van der Waals surface area contributed by atoms with Crippen molar-refractivity contribution in [3.63, 3.8) is 0 Å². The highest BCUT2D eigenvalue weighted by molar-refractivity contribution is 5.91.